The van der Waals surface area contributed by atoms with Crippen LogP contribution in [0.3, 0.4) is 0 Å². The minimum absolute atomic E-state index is 0.0179. The first-order valence-electron chi connectivity index (χ1n) is 7.79. The molecular formula is C16H18F2N4O2. The van der Waals surface area contributed by atoms with Gasteiger partial charge in [0, 0.05) is 30.7 Å². The van der Waals surface area contributed by atoms with Gasteiger partial charge in [0.2, 0.25) is 5.91 Å². The molecule has 2 aromatic rings. The van der Waals surface area contributed by atoms with Gasteiger partial charge in [0.25, 0.3) is 0 Å². The van der Waals surface area contributed by atoms with Gasteiger partial charge >= 0.3 is 0 Å². The number of phenols is 1. The third-order valence-electron chi connectivity index (χ3n) is 4.13. The molecule has 1 aliphatic rings. The van der Waals surface area contributed by atoms with Crippen LogP contribution in [0, 0.1) is 24.5 Å². The van der Waals surface area contributed by atoms with E-state index >= 15 is 0 Å². The Labute approximate surface area is 137 Å². The van der Waals surface area contributed by atoms with Gasteiger partial charge in [-0.1, -0.05) is 0 Å². The first kappa shape index (κ1) is 16.4. The van der Waals surface area contributed by atoms with Crippen LogP contribution in [0.5, 0.6) is 5.75 Å². The summed E-state index contributed by atoms with van der Waals surface area (Å²) in [5, 5.41) is 16.1. The topological polar surface area (TPSA) is 80.0 Å². The largest absolute Gasteiger partial charge is 0.508 e. The highest BCUT2D eigenvalue weighted by Gasteiger charge is 2.26. The number of halogens is 2. The van der Waals surface area contributed by atoms with Crippen molar-refractivity contribution >= 4 is 5.91 Å². The van der Waals surface area contributed by atoms with Crippen molar-refractivity contribution in [3.63, 3.8) is 0 Å². The maximum atomic E-state index is 13.6. The number of hydrogen-bond donors (Lipinski definition) is 2. The van der Waals surface area contributed by atoms with Crippen molar-refractivity contribution in [2.75, 3.05) is 6.54 Å². The maximum absolute atomic E-state index is 13.6. The van der Waals surface area contributed by atoms with E-state index in [1.54, 1.807) is 11.6 Å². The standard InChI is InChI=1S/C16H18F2N4O2/c1-9-20-15-3-2-10(8-22(15)21-9)16(24)19-5-4-12-13(17)6-11(23)7-14(12)18/h6-7,10,23H,2-5,8H2,1H3,(H,19,24). The van der Waals surface area contributed by atoms with E-state index in [1.807, 2.05) is 0 Å². The Morgan fingerprint density at radius 3 is 2.83 bits per heavy atom. The lowest BCUT2D eigenvalue weighted by molar-refractivity contribution is -0.126. The molecule has 0 aliphatic carbocycles. The zero-order chi connectivity index (χ0) is 17.3. The number of benzene rings is 1. The molecule has 0 radical (unpaired) electrons. The van der Waals surface area contributed by atoms with Crippen LogP contribution >= 0.6 is 0 Å². The molecule has 1 atom stereocenters. The number of aryl methyl sites for hydroxylation is 2. The molecule has 8 heteroatoms. The normalized spacial score (nSPS) is 16.7. The molecule has 0 spiro atoms. The Balaban J connectivity index is 1.55. The number of aromatic hydroxyl groups is 1. The first-order chi connectivity index (χ1) is 11.4. The van der Waals surface area contributed by atoms with Gasteiger partial charge in [-0.2, -0.15) is 5.10 Å². The zero-order valence-electron chi connectivity index (χ0n) is 13.2. The van der Waals surface area contributed by atoms with Crippen molar-refractivity contribution in [2.24, 2.45) is 5.92 Å². The van der Waals surface area contributed by atoms with Gasteiger partial charge in [0.15, 0.2) is 0 Å². The van der Waals surface area contributed by atoms with Gasteiger partial charge in [0.05, 0.1) is 12.5 Å². The summed E-state index contributed by atoms with van der Waals surface area (Å²) in [6.07, 6.45) is 1.37. The fourth-order valence-corrected chi connectivity index (χ4v) is 2.93. The van der Waals surface area contributed by atoms with E-state index < -0.39 is 17.4 Å². The second kappa shape index (κ2) is 6.54. The SMILES string of the molecule is Cc1nc2n(n1)CC(C(=O)NCCc1c(F)cc(O)cc1F)CC2. The summed E-state index contributed by atoms with van der Waals surface area (Å²) in [5.41, 5.74) is -0.147. The Hall–Kier alpha value is -2.51. The average molecular weight is 336 g/mol. The number of nitrogens with one attached hydrogen (secondary N) is 1. The molecule has 0 fully saturated rings. The third kappa shape index (κ3) is 3.37. The van der Waals surface area contributed by atoms with Gasteiger partial charge in [-0.25, -0.2) is 18.4 Å². The van der Waals surface area contributed by atoms with Crippen LogP contribution in [0.2, 0.25) is 0 Å². The molecule has 128 valence electrons. The predicted octanol–water partition coefficient (Wildman–Crippen LogP) is 1.49. The van der Waals surface area contributed by atoms with E-state index in [4.69, 9.17) is 5.11 Å². The van der Waals surface area contributed by atoms with Crippen LogP contribution < -0.4 is 5.32 Å². The van der Waals surface area contributed by atoms with Crippen molar-refractivity contribution < 1.29 is 18.7 Å². The summed E-state index contributed by atoms with van der Waals surface area (Å²) in [6, 6.07) is 1.71. The highest BCUT2D eigenvalue weighted by molar-refractivity contribution is 5.78. The maximum Gasteiger partial charge on any atom is 0.225 e. The second-order valence-electron chi connectivity index (χ2n) is 5.92. The molecule has 0 bridgehead atoms. The van der Waals surface area contributed by atoms with Gasteiger partial charge in [0.1, 0.15) is 29.0 Å². The number of phenolic OH excluding ortho intramolecular Hbond substituents is 1. The molecule has 2 heterocycles. The average Bonchev–Trinajstić information content (AvgIpc) is 2.88. The minimum Gasteiger partial charge on any atom is -0.508 e. The molecule has 1 amide bonds. The van der Waals surface area contributed by atoms with E-state index in [9.17, 15) is 13.6 Å². The van der Waals surface area contributed by atoms with Crippen molar-refractivity contribution in [1.82, 2.24) is 20.1 Å². The molecular weight excluding hydrogens is 318 g/mol. The number of aromatic nitrogens is 3. The van der Waals surface area contributed by atoms with E-state index in [1.165, 1.54) is 0 Å². The summed E-state index contributed by atoms with van der Waals surface area (Å²) >= 11 is 0. The number of hydrogen-bond acceptors (Lipinski definition) is 4. The van der Waals surface area contributed by atoms with Crippen LogP contribution in [-0.4, -0.2) is 32.3 Å². The number of carbonyl (C=O) groups excluding carboxylic acids is 1. The first-order valence-corrected chi connectivity index (χ1v) is 7.79. The van der Waals surface area contributed by atoms with Gasteiger partial charge in [-0.15, -0.1) is 0 Å². The van der Waals surface area contributed by atoms with E-state index in [-0.39, 0.29) is 30.4 Å². The van der Waals surface area contributed by atoms with Crippen LogP contribution in [0.15, 0.2) is 12.1 Å². The number of nitrogens with zero attached hydrogens (tertiary/aromatic N) is 3. The Kier molecular flexibility index (Phi) is 4.46. The molecule has 1 unspecified atom stereocenters. The Bertz CT molecular complexity index is 752. The molecule has 6 nitrogen and oxygen atoms in total. The predicted molar refractivity (Wildman–Crippen MR) is 81.3 cm³/mol. The monoisotopic (exact) mass is 336 g/mol. The van der Waals surface area contributed by atoms with Crippen molar-refractivity contribution in [3.8, 4) is 5.75 Å². The molecule has 1 aromatic heterocycles. The van der Waals surface area contributed by atoms with Crippen LogP contribution in [0.25, 0.3) is 0 Å². The number of amides is 1. The van der Waals surface area contributed by atoms with Crippen LogP contribution in [0.1, 0.15) is 23.6 Å². The molecule has 2 N–H and O–H groups in total. The summed E-state index contributed by atoms with van der Waals surface area (Å²) in [5.74, 6) is -0.918. The lowest BCUT2D eigenvalue weighted by Gasteiger charge is -2.21. The zero-order valence-corrected chi connectivity index (χ0v) is 13.2. The molecule has 1 aromatic carbocycles. The smallest absolute Gasteiger partial charge is 0.225 e. The van der Waals surface area contributed by atoms with Gasteiger partial charge in [-0.3, -0.25) is 4.79 Å². The Morgan fingerprint density at radius 1 is 1.42 bits per heavy atom. The highest BCUT2D eigenvalue weighted by atomic mass is 19.1. The minimum atomic E-state index is -0.817. The van der Waals surface area contributed by atoms with Crippen molar-refractivity contribution in [3.05, 3.63) is 41.0 Å². The summed E-state index contributed by atoms with van der Waals surface area (Å²) < 4.78 is 29.0. The molecule has 1 aliphatic heterocycles. The van der Waals surface area contributed by atoms with Crippen molar-refractivity contribution in [2.45, 2.75) is 32.7 Å². The Morgan fingerprint density at radius 2 is 2.12 bits per heavy atom. The third-order valence-corrected chi connectivity index (χ3v) is 4.13. The molecule has 0 saturated carbocycles. The molecule has 24 heavy (non-hydrogen) atoms. The summed E-state index contributed by atoms with van der Waals surface area (Å²) in [4.78, 5) is 16.5. The van der Waals surface area contributed by atoms with E-state index in [2.05, 4.69) is 15.4 Å². The van der Waals surface area contributed by atoms with Crippen molar-refractivity contribution in [1.29, 1.82) is 0 Å². The molecule has 0 saturated heterocycles. The quantitative estimate of drug-likeness (QED) is 0.887. The number of fused-ring (bicyclic) bond motifs is 1. The number of rotatable bonds is 4. The van der Waals surface area contributed by atoms with E-state index in [0.29, 0.717) is 25.2 Å². The van der Waals surface area contributed by atoms with Gasteiger partial charge in [-0.05, 0) is 19.8 Å². The van der Waals surface area contributed by atoms with Crippen LogP contribution in [-0.2, 0) is 24.2 Å². The lowest BCUT2D eigenvalue weighted by Crippen LogP contribution is -2.37. The highest BCUT2D eigenvalue weighted by Crippen LogP contribution is 2.20. The van der Waals surface area contributed by atoms with Crippen LogP contribution in [0.4, 0.5) is 8.78 Å². The summed E-state index contributed by atoms with van der Waals surface area (Å²) in [6.45, 7) is 2.39. The van der Waals surface area contributed by atoms with E-state index in [0.717, 1.165) is 18.0 Å². The molecule has 3 rings (SSSR count). The number of carbonyl (C=O) groups is 1. The lowest BCUT2D eigenvalue weighted by atomic mass is 9.99. The summed E-state index contributed by atoms with van der Waals surface area (Å²) in [7, 11) is 0. The fraction of sp³-hybridized carbons (Fsp3) is 0.438. The van der Waals surface area contributed by atoms with Gasteiger partial charge < -0.3 is 10.4 Å². The second-order valence-corrected chi connectivity index (χ2v) is 5.92. The fourth-order valence-electron chi connectivity index (χ4n) is 2.93.